The van der Waals surface area contributed by atoms with Crippen LogP contribution in [0, 0.1) is 6.92 Å². The van der Waals surface area contributed by atoms with Crippen LogP contribution < -0.4 is 4.74 Å². The number of furan rings is 1. The average Bonchev–Trinajstić information content (AvgIpc) is 3.13. The first-order chi connectivity index (χ1) is 15.2. The average molecular weight is 431 g/mol. The molecule has 5 heteroatoms. The van der Waals surface area contributed by atoms with Gasteiger partial charge in [-0.1, -0.05) is 38.1 Å². The van der Waals surface area contributed by atoms with E-state index in [1.807, 2.05) is 6.07 Å². The number of carbonyl (C=O) groups excluding carboxylic acids is 2. The van der Waals surface area contributed by atoms with Gasteiger partial charge in [-0.2, -0.15) is 0 Å². The number of carbonyl (C=O) groups is 2. The molecule has 164 valence electrons. The molecule has 0 saturated heterocycles. The highest BCUT2D eigenvalue weighted by atomic mass is 16.5. The largest absolute Gasteiger partial charge is 0.497 e. The van der Waals surface area contributed by atoms with Crippen LogP contribution in [0.25, 0.3) is 11.3 Å². The zero-order valence-electron chi connectivity index (χ0n) is 18.7. The number of fused-ring (bicyclic) bond motifs is 5. The third-order valence-corrected chi connectivity index (χ3v) is 7.04. The minimum atomic E-state index is -1.06. The lowest BCUT2D eigenvalue weighted by Gasteiger charge is -2.34. The van der Waals surface area contributed by atoms with Crippen molar-refractivity contribution in [3.8, 4) is 17.1 Å². The molecule has 1 unspecified atom stereocenters. The highest BCUT2D eigenvalue weighted by Crippen LogP contribution is 2.46. The molecule has 0 amide bonds. The minimum Gasteiger partial charge on any atom is -0.497 e. The number of ketones is 2. The molecule has 1 aromatic heterocycles. The van der Waals surface area contributed by atoms with Crippen LogP contribution in [0.4, 0.5) is 0 Å². The van der Waals surface area contributed by atoms with Gasteiger partial charge in [0, 0.05) is 16.7 Å². The molecular formula is C27H26O5. The van der Waals surface area contributed by atoms with Gasteiger partial charge in [0.15, 0.2) is 0 Å². The summed E-state index contributed by atoms with van der Waals surface area (Å²) in [6, 6.07) is 11.0. The zero-order valence-corrected chi connectivity index (χ0v) is 18.7. The third kappa shape index (κ3) is 2.88. The number of rotatable bonds is 3. The quantitative estimate of drug-likeness (QED) is 0.568. The van der Waals surface area contributed by atoms with Crippen molar-refractivity contribution in [2.24, 2.45) is 0 Å². The van der Waals surface area contributed by atoms with Crippen molar-refractivity contribution in [1.82, 2.24) is 0 Å². The molecule has 3 aromatic rings. The number of benzene rings is 2. The van der Waals surface area contributed by atoms with Crippen LogP contribution in [-0.2, 0) is 11.8 Å². The van der Waals surface area contributed by atoms with Gasteiger partial charge in [0.05, 0.1) is 12.7 Å². The summed E-state index contributed by atoms with van der Waals surface area (Å²) in [6.07, 6.45) is 1.74. The van der Waals surface area contributed by atoms with E-state index in [-0.39, 0.29) is 16.7 Å². The van der Waals surface area contributed by atoms with Crippen molar-refractivity contribution >= 4 is 11.6 Å². The second kappa shape index (κ2) is 7.17. The number of methoxy groups -OCH3 is 1. The van der Waals surface area contributed by atoms with Gasteiger partial charge in [0.2, 0.25) is 11.6 Å². The topological polar surface area (TPSA) is 76.7 Å². The Balaban J connectivity index is 1.67. The number of ether oxygens (including phenoxy) is 1. The molecule has 5 rings (SSSR count). The lowest BCUT2D eigenvalue weighted by Crippen LogP contribution is -2.29. The normalized spacial score (nSPS) is 17.4. The van der Waals surface area contributed by atoms with E-state index in [4.69, 9.17) is 9.15 Å². The molecule has 2 aromatic carbocycles. The van der Waals surface area contributed by atoms with E-state index in [9.17, 15) is 14.7 Å². The Morgan fingerprint density at radius 2 is 1.72 bits per heavy atom. The number of hydrogen-bond donors (Lipinski definition) is 1. The first-order valence-corrected chi connectivity index (χ1v) is 11.0. The molecule has 1 N–H and O–H groups in total. The van der Waals surface area contributed by atoms with Crippen molar-refractivity contribution in [2.45, 2.75) is 51.6 Å². The predicted molar refractivity (Wildman–Crippen MR) is 121 cm³/mol. The molecule has 2 aliphatic rings. The van der Waals surface area contributed by atoms with E-state index >= 15 is 0 Å². The molecular weight excluding hydrogens is 404 g/mol. The predicted octanol–water partition coefficient (Wildman–Crippen LogP) is 5.34. The van der Waals surface area contributed by atoms with Crippen LogP contribution in [0.1, 0.15) is 81.5 Å². The molecule has 0 saturated carbocycles. The Labute approximate surface area is 187 Å². The zero-order chi connectivity index (χ0) is 22.8. The molecule has 0 fully saturated rings. The van der Waals surface area contributed by atoms with Gasteiger partial charge in [0.1, 0.15) is 23.4 Å². The highest BCUT2D eigenvalue weighted by molar-refractivity contribution is 6.53. The van der Waals surface area contributed by atoms with Crippen molar-refractivity contribution in [2.75, 3.05) is 7.11 Å². The molecule has 0 radical (unpaired) electrons. The Morgan fingerprint density at radius 3 is 2.41 bits per heavy atom. The fourth-order valence-corrected chi connectivity index (χ4v) is 5.25. The summed E-state index contributed by atoms with van der Waals surface area (Å²) < 4.78 is 11.3. The molecule has 1 atom stereocenters. The van der Waals surface area contributed by atoms with Crippen LogP contribution in [0.3, 0.4) is 0 Å². The van der Waals surface area contributed by atoms with Gasteiger partial charge in [0.25, 0.3) is 0 Å². The second-order valence-electron chi connectivity index (χ2n) is 9.38. The summed E-state index contributed by atoms with van der Waals surface area (Å²) in [6.45, 7) is 6.08. The maximum Gasteiger partial charge on any atom is 0.237 e. The van der Waals surface area contributed by atoms with E-state index in [0.29, 0.717) is 33.8 Å². The van der Waals surface area contributed by atoms with Gasteiger partial charge in [-0.15, -0.1) is 0 Å². The van der Waals surface area contributed by atoms with Crippen molar-refractivity contribution in [3.05, 3.63) is 75.5 Å². The molecule has 0 aliphatic heterocycles. The van der Waals surface area contributed by atoms with Gasteiger partial charge in [-0.25, -0.2) is 0 Å². The van der Waals surface area contributed by atoms with Crippen LogP contribution in [0.2, 0.25) is 0 Å². The van der Waals surface area contributed by atoms with E-state index in [0.717, 1.165) is 30.4 Å². The molecule has 1 heterocycles. The first-order valence-electron chi connectivity index (χ1n) is 11.0. The summed E-state index contributed by atoms with van der Waals surface area (Å²) in [7, 11) is 1.58. The Kier molecular flexibility index (Phi) is 4.64. The third-order valence-electron chi connectivity index (χ3n) is 7.04. The minimum absolute atomic E-state index is 0.0407. The highest BCUT2D eigenvalue weighted by Gasteiger charge is 2.41. The van der Waals surface area contributed by atoms with E-state index < -0.39 is 17.7 Å². The van der Waals surface area contributed by atoms with E-state index in [2.05, 4.69) is 19.9 Å². The Hall–Kier alpha value is -3.18. The van der Waals surface area contributed by atoms with Crippen LogP contribution in [0.5, 0.6) is 5.75 Å². The standard InChI is InChI=1S/C27H26O5/c1-14-20-23(29)24(30)21-17-6-5-13-27(2,3)19(17)12-11-18(21)26(20)32-25(14)22(28)15-7-9-16(31-4)10-8-15/h7-12,22,28H,5-6,13H2,1-4H3. The lowest BCUT2D eigenvalue weighted by atomic mass is 9.69. The maximum absolute atomic E-state index is 13.3. The van der Waals surface area contributed by atoms with Crippen LogP contribution in [0.15, 0.2) is 40.8 Å². The smallest absolute Gasteiger partial charge is 0.237 e. The monoisotopic (exact) mass is 430 g/mol. The second-order valence-corrected chi connectivity index (χ2v) is 9.38. The van der Waals surface area contributed by atoms with Gasteiger partial charge >= 0.3 is 0 Å². The number of hydrogen-bond acceptors (Lipinski definition) is 5. The number of Topliss-reactive ketones (excluding diaryl/α,β-unsaturated/α-hetero) is 2. The summed E-state index contributed by atoms with van der Waals surface area (Å²) in [5.41, 5.74) is 4.57. The van der Waals surface area contributed by atoms with E-state index in [1.54, 1.807) is 38.3 Å². The number of aliphatic hydroxyl groups excluding tert-OH is 1. The van der Waals surface area contributed by atoms with Gasteiger partial charge < -0.3 is 14.3 Å². The summed E-state index contributed by atoms with van der Waals surface area (Å²) in [5, 5.41) is 11.0. The summed E-state index contributed by atoms with van der Waals surface area (Å²) >= 11 is 0. The summed E-state index contributed by atoms with van der Waals surface area (Å²) in [5.74, 6) is 0.317. The van der Waals surface area contributed by atoms with Crippen LogP contribution >= 0.6 is 0 Å². The van der Waals surface area contributed by atoms with E-state index in [1.165, 1.54) is 0 Å². The Bertz CT molecular complexity index is 1260. The fourth-order valence-electron chi connectivity index (χ4n) is 5.25. The van der Waals surface area contributed by atoms with Crippen molar-refractivity contribution in [3.63, 3.8) is 0 Å². The van der Waals surface area contributed by atoms with Gasteiger partial charge in [-0.05, 0) is 60.4 Å². The molecule has 32 heavy (non-hydrogen) atoms. The number of aliphatic hydroxyl groups is 1. The van der Waals surface area contributed by atoms with Crippen LogP contribution in [-0.4, -0.2) is 23.8 Å². The van der Waals surface area contributed by atoms with Gasteiger partial charge in [-0.3, -0.25) is 9.59 Å². The molecule has 0 bridgehead atoms. The molecule has 5 nitrogen and oxygen atoms in total. The van der Waals surface area contributed by atoms with Crippen molar-refractivity contribution in [1.29, 1.82) is 0 Å². The lowest BCUT2D eigenvalue weighted by molar-refractivity contribution is 0.0813. The maximum atomic E-state index is 13.3. The molecule has 2 aliphatic carbocycles. The molecule has 0 spiro atoms. The first kappa shape index (κ1) is 20.7. The fraction of sp³-hybridized carbons (Fsp3) is 0.333. The van der Waals surface area contributed by atoms with Crippen molar-refractivity contribution < 1.29 is 23.8 Å². The Morgan fingerprint density at radius 1 is 1.03 bits per heavy atom. The SMILES string of the molecule is COc1ccc(C(O)c2oc3c(c2C)C(=O)C(=O)c2c-3ccc3c2CCCC3(C)C)cc1. The summed E-state index contributed by atoms with van der Waals surface area (Å²) in [4.78, 5) is 26.5.